The molecular weight excluding hydrogens is 613 g/mol. The van der Waals surface area contributed by atoms with E-state index in [4.69, 9.17) is 20.7 Å². The Kier molecular flexibility index (Phi) is 7.06. The molecule has 0 radical (unpaired) electrons. The highest BCUT2D eigenvalue weighted by Crippen LogP contribution is 2.38. The van der Waals surface area contributed by atoms with E-state index in [1.165, 1.54) is 0 Å². The van der Waals surface area contributed by atoms with Gasteiger partial charge in [0.05, 0.1) is 39.8 Å². The Morgan fingerprint density at radius 3 is 2.26 bits per heavy atom. The molecule has 0 aliphatic heterocycles. The van der Waals surface area contributed by atoms with Crippen molar-refractivity contribution in [2.24, 2.45) is 0 Å². The molecule has 4 heterocycles. The van der Waals surface area contributed by atoms with E-state index in [0.29, 0.717) is 5.69 Å². The van der Waals surface area contributed by atoms with Crippen LogP contribution in [0.1, 0.15) is 18.1 Å². The quantitative estimate of drug-likeness (QED) is 0.114. The number of fused-ring (bicyclic) bond motifs is 5. The molecule has 0 bridgehead atoms. The molecule has 0 atom stereocenters. The van der Waals surface area contributed by atoms with Gasteiger partial charge in [0.25, 0.3) is 0 Å². The monoisotopic (exact) mass is 642 g/mol. The number of hydrogen-bond acceptors (Lipinski definition) is 6. The Morgan fingerprint density at radius 1 is 0.600 bits per heavy atom. The lowest BCUT2D eigenvalue weighted by Crippen LogP contribution is -1.96. The minimum atomic E-state index is 0.653. The Balaban J connectivity index is 1.22. The zero-order valence-electron chi connectivity index (χ0n) is 27.2. The number of hydrogen-bond donors (Lipinski definition) is 1. The second kappa shape index (κ2) is 12.0. The summed E-state index contributed by atoms with van der Waals surface area (Å²) < 4.78 is 0. The molecule has 9 rings (SSSR count). The van der Waals surface area contributed by atoms with Crippen LogP contribution in [0.2, 0.25) is 0 Å². The fraction of sp³-hybridized carbons (Fsp3) is 0.0227. The van der Waals surface area contributed by atoms with Crippen molar-refractivity contribution in [3.05, 3.63) is 157 Å². The number of anilines is 1. The van der Waals surface area contributed by atoms with Crippen molar-refractivity contribution in [3.8, 4) is 33.6 Å². The maximum absolute atomic E-state index is 6.74. The van der Waals surface area contributed by atoms with Crippen molar-refractivity contribution in [1.82, 2.24) is 25.1 Å². The number of aromatic nitrogens is 5. The molecular formula is C44H30N6. The predicted octanol–water partition coefficient (Wildman–Crippen LogP) is 10.4. The third-order valence-corrected chi connectivity index (χ3v) is 9.38. The maximum atomic E-state index is 6.74. The van der Waals surface area contributed by atoms with Gasteiger partial charge in [-0.3, -0.25) is 9.97 Å². The fourth-order valence-electron chi connectivity index (χ4n) is 6.80. The van der Waals surface area contributed by atoms with Crippen molar-refractivity contribution < 1.29 is 0 Å². The zero-order valence-corrected chi connectivity index (χ0v) is 27.2. The van der Waals surface area contributed by atoms with Gasteiger partial charge in [-0.2, -0.15) is 10.2 Å². The first-order valence-corrected chi connectivity index (χ1v) is 16.5. The maximum Gasteiger partial charge on any atom is 0.0937 e. The summed E-state index contributed by atoms with van der Waals surface area (Å²) in [5.74, 6) is 0. The van der Waals surface area contributed by atoms with E-state index in [2.05, 4.69) is 114 Å². The lowest BCUT2D eigenvalue weighted by atomic mass is 9.93. The number of pyridine rings is 3. The molecule has 6 heteroatoms. The van der Waals surface area contributed by atoms with Crippen LogP contribution in [-0.2, 0) is 0 Å². The van der Waals surface area contributed by atoms with Gasteiger partial charge < -0.3 is 5.73 Å². The van der Waals surface area contributed by atoms with Gasteiger partial charge in [-0.25, -0.2) is 4.98 Å². The van der Waals surface area contributed by atoms with Crippen LogP contribution < -0.4 is 5.73 Å². The molecule has 5 aromatic carbocycles. The van der Waals surface area contributed by atoms with E-state index in [-0.39, 0.29) is 0 Å². The molecule has 6 nitrogen and oxygen atoms in total. The van der Waals surface area contributed by atoms with Crippen LogP contribution in [0, 0.1) is 0 Å². The van der Waals surface area contributed by atoms with Crippen molar-refractivity contribution in [2.45, 2.75) is 6.92 Å². The van der Waals surface area contributed by atoms with E-state index in [1.54, 1.807) is 6.20 Å². The number of rotatable bonds is 5. The van der Waals surface area contributed by atoms with Gasteiger partial charge in [0.15, 0.2) is 0 Å². The molecule has 0 aliphatic rings. The van der Waals surface area contributed by atoms with Crippen LogP contribution in [0.15, 0.2) is 146 Å². The summed E-state index contributed by atoms with van der Waals surface area (Å²) in [6.45, 7) is 2.10. The van der Waals surface area contributed by atoms with Crippen LogP contribution in [0.4, 0.5) is 5.69 Å². The summed E-state index contributed by atoms with van der Waals surface area (Å²) in [5, 5.41) is 13.8. The molecule has 0 fully saturated rings. The second-order valence-corrected chi connectivity index (χ2v) is 12.5. The summed E-state index contributed by atoms with van der Waals surface area (Å²) in [7, 11) is 0. The summed E-state index contributed by atoms with van der Waals surface area (Å²) in [4.78, 5) is 14.9. The molecule has 50 heavy (non-hydrogen) atoms. The second-order valence-electron chi connectivity index (χ2n) is 12.5. The predicted molar refractivity (Wildman–Crippen MR) is 206 cm³/mol. The number of nitrogens with zero attached hydrogens (tertiary/aromatic N) is 5. The summed E-state index contributed by atoms with van der Waals surface area (Å²) in [5.41, 5.74) is 18.8. The van der Waals surface area contributed by atoms with Crippen molar-refractivity contribution in [2.75, 3.05) is 5.73 Å². The lowest BCUT2D eigenvalue weighted by molar-refractivity contribution is 1.08. The average molecular weight is 643 g/mol. The highest BCUT2D eigenvalue weighted by Gasteiger charge is 2.15. The summed E-state index contributed by atoms with van der Waals surface area (Å²) >= 11 is 0. The first kappa shape index (κ1) is 29.4. The van der Waals surface area contributed by atoms with Crippen LogP contribution in [0.3, 0.4) is 0 Å². The Morgan fingerprint density at radius 2 is 1.38 bits per heavy atom. The van der Waals surface area contributed by atoms with Gasteiger partial charge in [-0.1, -0.05) is 84.9 Å². The number of nitrogens with two attached hydrogens (primary N) is 1. The van der Waals surface area contributed by atoms with Gasteiger partial charge in [0.1, 0.15) is 0 Å². The minimum Gasteiger partial charge on any atom is -0.396 e. The highest BCUT2D eigenvalue weighted by molar-refractivity contribution is 6.12. The van der Waals surface area contributed by atoms with E-state index >= 15 is 0 Å². The van der Waals surface area contributed by atoms with Crippen LogP contribution in [-0.4, -0.2) is 25.1 Å². The van der Waals surface area contributed by atoms with Gasteiger partial charge in [-0.05, 0) is 88.7 Å². The summed E-state index contributed by atoms with van der Waals surface area (Å²) in [6.07, 6.45) is 7.56. The van der Waals surface area contributed by atoms with E-state index in [1.807, 2.05) is 48.8 Å². The molecule has 236 valence electrons. The normalized spacial score (nSPS) is 11.9. The molecule has 0 aliphatic carbocycles. The number of benzene rings is 5. The first-order chi connectivity index (χ1) is 24.6. The Hall–Kier alpha value is -6.79. The van der Waals surface area contributed by atoms with Crippen LogP contribution in [0.5, 0.6) is 0 Å². The molecule has 2 N–H and O–H groups in total. The van der Waals surface area contributed by atoms with Crippen molar-refractivity contribution in [3.63, 3.8) is 0 Å². The third kappa shape index (κ3) is 5.20. The molecule has 0 unspecified atom stereocenters. The molecule has 0 saturated heterocycles. The van der Waals surface area contributed by atoms with Gasteiger partial charge in [-0.15, -0.1) is 0 Å². The van der Waals surface area contributed by atoms with Gasteiger partial charge in [0.2, 0.25) is 0 Å². The number of nitrogen functional groups attached to an aromatic ring is 1. The number of allylic oxidation sites excluding steroid dienone is 1. The molecule has 0 spiro atoms. The fourth-order valence-corrected chi connectivity index (χ4v) is 6.80. The highest BCUT2D eigenvalue weighted by atomic mass is 15.1. The lowest BCUT2D eigenvalue weighted by Gasteiger charge is -2.14. The average Bonchev–Trinajstić information content (AvgIpc) is 3.18. The molecule has 9 aromatic rings. The van der Waals surface area contributed by atoms with Crippen LogP contribution >= 0.6 is 0 Å². The minimum absolute atomic E-state index is 0.653. The Bertz CT molecular complexity index is 2790. The molecule has 0 saturated carbocycles. The van der Waals surface area contributed by atoms with E-state index < -0.39 is 0 Å². The third-order valence-electron chi connectivity index (χ3n) is 9.38. The van der Waals surface area contributed by atoms with E-state index in [9.17, 15) is 0 Å². The largest absolute Gasteiger partial charge is 0.396 e. The van der Waals surface area contributed by atoms with Gasteiger partial charge in [0, 0.05) is 45.1 Å². The van der Waals surface area contributed by atoms with Crippen molar-refractivity contribution >= 4 is 60.8 Å². The topological polar surface area (TPSA) is 90.5 Å². The first-order valence-electron chi connectivity index (χ1n) is 16.5. The molecule has 4 aromatic heterocycles. The standard InChI is InChI=1S/C44H30N6/c1-27(28-8-3-2-4-9-28)20-31-15-16-33-21-35(26-47-44(33)42(31)45)40-25-34(24-39(49-40)30-14-13-29-17-19-48-50-41(29)23-30)38-22-32-10-7-18-46-43(32)37-12-6-5-11-36(37)38/h2-26H,45H2,1H3/b27-20+. The van der Waals surface area contributed by atoms with E-state index in [0.717, 1.165) is 93.8 Å². The van der Waals surface area contributed by atoms with Crippen LogP contribution in [0.25, 0.3) is 88.8 Å². The molecule has 0 amide bonds. The van der Waals surface area contributed by atoms with Crippen molar-refractivity contribution in [1.29, 1.82) is 0 Å². The smallest absolute Gasteiger partial charge is 0.0937 e. The zero-order chi connectivity index (χ0) is 33.6. The Labute approximate surface area is 288 Å². The summed E-state index contributed by atoms with van der Waals surface area (Å²) in [6, 6.07) is 43.8. The SMILES string of the molecule is C/C(=C\c1ccc2cc(-c3cc(-c4cc5cccnc5c5ccccc45)cc(-c4ccc5ccnnc5c4)n3)cnc2c1N)c1ccccc1. The van der Waals surface area contributed by atoms with Gasteiger partial charge >= 0.3 is 0 Å².